The number of nitrogens with one attached hydrogen (secondary N) is 2. The van der Waals surface area contributed by atoms with E-state index in [1.165, 1.54) is 11.3 Å². The first-order chi connectivity index (χ1) is 10.1. The Morgan fingerprint density at radius 2 is 2.29 bits per heavy atom. The van der Waals surface area contributed by atoms with E-state index in [4.69, 9.17) is 17.3 Å². The Morgan fingerprint density at radius 3 is 3.00 bits per heavy atom. The second-order valence-corrected chi connectivity index (χ2v) is 6.40. The maximum atomic E-state index is 12.2. The van der Waals surface area contributed by atoms with Gasteiger partial charge in [0.05, 0.1) is 0 Å². The highest BCUT2D eigenvalue weighted by molar-refractivity contribution is 7.18. The molecule has 110 valence electrons. The van der Waals surface area contributed by atoms with E-state index in [2.05, 4.69) is 15.6 Å². The lowest BCUT2D eigenvalue weighted by molar-refractivity contribution is 0.0955. The van der Waals surface area contributed by atoms with Crippen LogP contribution >= 0.6 is 22.9 Å². The standard InChI is InChI=1S/C14H15ClN4OS/c15-9-3-1-2-8(6-9)7-17-13(20)11-12(16)19-14(21-11)18-10-4-5-10/h1-3,6,10H,4-5,7,16H2,(H,17,20)(H,18,19). The van der Waals surface area contributed by atoms with E-state index in [0.29, 0.717) is 27.6 Å². The van der Waals surface area contributed by atoms with Crippen LogP contribution in [0.2, 0.25) is 5.02 Å². The molecule has 1 aromatic heterocycles. The quantitative estimate of drug-likeness (QED) is 0.790. The monoisotopic (exact) mass is 322 g/mol. The van der Waals surface area contributed by atoms with Crippen molar-refractivity contribution in [2.75, 3.05) is 11.1 Å². The molecule has 7 heteroatoms. The van der Waals surface area contributed by atoms with Gasteiger partial charge in [-0.1, -0.05) is 35.1 Å². The minimum atomic E-state index is -0.214. The first kappa shape index (κ1) is 14.2. The third-order valence-electron chi connectivity index (χ3n) is 3.11. The summed E-state index contributed by atoms with van der Waals surface area (Å²) in [5.41, 5.74) is 6.75. The van der Waals surface area contributed by atoms with Crippen molar-refractivity contribution in [1.29, 1.82) is 0 Å². The molecule has 21 heavy (non-hydrogen) atoms. The van der Waals surface area contributed by atoms with E-state index < -0.39 is 0 Å². The van der Waals surface area contributed by atoms with E-state index >= 15 is 0 Å². The fourth-order valence-corrected chi connectivity index (χ4v) is 2.96. The SMILES string of the molecule is Nc1nc(NC2CC2)sc1C(=O)NCc1cccc(Cl)c1. The zero-order valence-corrected chi connectivity index (χ0v) is 12.8. The van der Waals surface area contributed by atoms with Crippen LogP contribution in [0.3, 0.4) is 0 Å². The summed E-state index contributed by atoms with van der Waals surface area (Å²) in [6, 6.07) is 7.85. The first-order valence-corrected chi connectivity index (χ1v) is 7.87. The molecule has 1 saturated carbocycles. The van der Waals surface area contributed by atoms with Gasteiger partial charge in [0.1, 0.15) is 10.7 Å². The molecule has 0 aliphatic heterocycles. The van der Waals surface area contributed by atoms with Crippen molar-refractivity contribution in [2.24, 2.45) is 0 Å². The van der Waals surface area contributed by atoms with Crippen molar-refractivity contribution in [3.8, 4) is 0 Å². The van der Waals surface area contributed by atoms with Crippen LogP contribution in [0.1, 0.15) is 28.1 Å². The highest BCUT2D eigenvalue weighted by Crippen LogP contribution is 2.30. The highest BCUT2D eigenvalue weighted by Gasteiger charge is 2.24. The number of carbonyl (C=O) groups is 1. The summed E-state index contributed by atoms with van der Waals surface area (Å²) in [5, 5.41) is 7.43. The molecule has 0 bridgehead atoms. The smallest absolute Gasteiger partial charge is 0.265 e. The predicted octanol–water partition coefficient (Wildman–Crippen LogP) is 2.88. The molecule has 4 N–H and O–H groups in total. The number of hydrogen-bond acceptors (Lipinski definition) is 5. The van der Waals surface area contributed by atoms with Crippen molar-refractivity contribution in [2.45, 2.75) is 25.4 Å². The van der Waals surface area contributed by atoms with Crippen molar-refractivity contribution in [3.63, 3.8) is 0 Å². The molecule has 1 fully saturated rings. The normalized spacial score (nSPS) is 14.0. The fourth-order valence-electron chi connectivity index (χ4n) is 1.87. The molecule has 1 heterocycles. The molecular formula is C14H15ClN4OS. The van der Waals surface area contributed by atoms with Gasteiger partial charge in [0.2, 0.25) is 0 Å². The van der Waals surface area contributed by atoms with Gasteiger partial charge in [-0.2, -0.15) is 0 Å². The summed E-state index contributed by atoms with van der Waals surface area (Å²) in [6.45, 7) is 0.405. The van der Waals surface area contributed by atoms with Gasteiger partial charge in [-0.3, -0.25) is 4.79 Å². The lowest BCUT2D eigenvalue weighted by Gasteiger charge is -2.04. The number of aromatic nitrogens is 1. The third-order valence-corrected chi connectivity index (χ3v) is 4.34. The number of benzene rings is 1. The van der Waals surface area contributed by atoms with E-state index in [-0.39, 0.29) is 11.7 Å². The minimum absolute atomic E-state index is 0.214. The Balaban J connectivity index is 1.63. The molecule has 1 aliphatic rings. The van der Waals surface area contributed by atoms with Gasteiger partial charge < -0.3 is 16.4 Å². The van der Waals surface area contributed by atoms with Crippen LogP contribution in [0.4, 0.5) is 10.9 Å². The minimum Gasteiger partial charge on any atom is -0.382 e. The number of carbonyl (C=O) groups excluding carboxylic acids is 1. The lowest BCUT2D eigenvalue weighted by atomic mass is 10.2. The van der Waals surface area contributed by atoms with Gasteiger partial charge in [0.25, 0.3) is 5.91 Å². The fraction of sp³-hybridized carbons (Fsp3) is 0.286. The Labute approximate surface area is 131 Å². The number of nitrogens with zero attached hydrogens (tertiary/aromatic N) is 1. The van der Waals surface area contributed by atoms with E-state index in [1.54, 1.807) is 6.07 Å². The number of thiazole rings is 1. The molecule has 0 atom stereocenters. The first-order valence-electron chi connectivity index (χ1n) is 6.67. The molecule has 0 radical (unpaired) electrons. The van der Waals surface area contributed by atoms with Gasteiger partial charge in [0, 0.05) is 17.6 Å². The molecule has 1 aliphatic carbocycles. The van der Waals surface area contributed by atoms with Crippen LogP contribution in [-0.2, 0) is 6.54 Å². The largest absolute Gasteiger partial charge is 0.382 e. The van der Waals surface area contributed by atoms with Crippen LogP contribution in [0.15, 0.2) is 24.3 Å². The van der Waals surface area contributed by atoms with Crippen LogP contribution in [-0.4, -0.2) is 16.9 Å². The maximum absolute atomic E-state index is 12.2. The number of nitrogens with two attached hydrogens (primary N) is 1. The van der Waals surface area contributed by atoms with E-state index in [0.717, 1.165) is 18.4 Å². The second kappa shape index (κ2) is 5.91. The van der Waals surface area contributed by atoms with Crippen molar-refractivity contribution < 1.29 is 4.79 Å². The molecule has 1 amide bonds. The zero-order chi connectivity index (χ0) is 14.8. The summed E-state index contributed by atoms with van der Waals surface area (Å²) < 4.78 is 0. The van der Waals surface area contributed by atoms with Gasteiger partial charge in [-0.25, -0.2) is 4.98 Å². The zero-order valence-electron chi connectivity index (χ0n) is 11.2. The van der Waals surface area contributed by atoms with Crippen LogP contribution in [0.25, 0.3) is 0 Å². The van der Waals surface area contributed by atoms with E-state index in [1.807, 2.05) is 18.2 Å². The van der Waals surface area contributed by atoms with Crippen LogP contribution in [0.5, 0.6) is 0 Å². The summed E-state index contributed by atoms with van der Waals surface area (Å²) >= 11 is 7.20. The number of rotatable bonds is 5. The van der Waals surface area contributed by atoms with E-state index in [9.17, 15) is 4.79 Å². The number of hydrogen-bond donors (Lipinski definition) is 3. The molecule has 0 unspecified atom stereocenters. The average Bonchev–Trinajstić information content (AvgIpc) is 3.18. The molecular weight excluding hydrogens is 308 g/mol. The lowest BCUT2D eigenvalue weighted by Crippen LogP contribution is -2.22. The third kappa shape index (κ3) is 3.65. The highest BCUT2D eigenvalue weighted by atomic mass is 35.5. The predicted molar refractivity (Wildman–Crippen MR) is 85.8 cm³/mol. The number of anilines is 2. The Kier molecular flexibility index (Phi) is 3.98. The van der Waals surface area contributed by atoms with Crippen molar-refractivity contribution >= 4 is 39.8 Å². The molecule has 0 saturated heterocycles. The molecule has 3 rings (SSSR count). The molecule has 0 spiro atoms. The van der Waals surface area contributed by atoms with Gasteiger partial charge in [0.15, 0.2) is 5.13 Å². The second-order valence-electron chi connectivity index (χ2n) is 4.96. The summed E-state index contributed by atoms with van der Waals surface area (Å²) in [5.74, 6) is 0.0561. The van der Waals surface area contributed by atoms with Crippen LogP contribution in [0, 0.1) is 0 Å². The average molecular weight is 323 g/mol. The number of halogens is 1. The summed E-state index contributed by atoms with van der Waals surface area (Å²) in [7, 11) is 0. The van der Waals surface area contributed by atoms with Crippen LogP contribution < -0.4 is 16.4 Å². The van der Waals surface area contributed by atoms with Gasteiger partial charge in [-0.15, -0.1) is 0 Å². The number of nitrogen functional groups attached to an aromatic ring is 1. The Morgan fingerprint density at radius 1 is 1.48 bits per heavy atom. The summed E-state index contributed by atoms with van der Waals surface area (Å²) in [4.78, 5) is 16.8. The van der Waals surface area contributed by atoms with Gasteiger partial charge >= 0.3 is 0 Å². The maximum Gasteiger partial charge on any atom is 0.265 e. The Bertz CT molecular complexity index is 669. The van der Waals surface area contributed by atoms with Crippen molar-refractivity contribution in [3.05, 3.63) is 39.7 Å². The number of amides is 1. The molecule has 1 aromatic carbocycles. The summed E-state index contributed by atoms with van der Waals surface area (Å²) in [6.07, 6.45) is 2.30. The molecule has 2 aromatic rings. The molecule has 5 nitrogen and oxygen atoms in total. The Hall–Kier alpha value is -1.79. The van der Waals surface area contributed by atoms with Crippen molar-refractivity contribution in [1.82, 2.24) is 10.3 Å². The topological polar surface area (TPSA) is 80.0 Å². The van der Waals surface area contributed by atoms with Gasteiger partial charge in [-0.05, 0) is 30.5 Å².